The minimum Gasteiger partial charge on any atom is -0.399 e. The van der Waals surface area contributed by atoms with E-state index in [4.69, 9.17) is 17.3 Å². The molecule has 0 radical (unpaired) electrons. The molecule has 0 fully saturated rings. The Bertz CT molecular complexity index is 592. The third-order valence-electron chi connectivity index (χ3n) is 3.42. The van der Waals surface area contributed by atoms with Crippen LogP contribution in [0.3, 0.4) is 0 Å². The summed E-state index contributed by atoms with van der Waals surface area (Å²) >= 11 is 6.02. The number of nitrogens with two attached hydrogens (primary N) is 1. The molecule has 1 aliphatic rings. The van der Waals surface area contributed by atoms with Crippen LogP contribution in [0.2, 0.25) is 5.15 Å². The summed E-state index contributed by atoms with van der Waals surface area (Å²) in [5.41, 5.74) is 9.07. The predicted octanol–water partition coefficient (Wildman–Crippen LogP) is 3.65. The SMILES string of the molecule is CC1Cc2ccccc2N(c2cc(N)cc(Cl)n2)C1. The smallest absolute Gasteiger partial charge is 0.136 e. The summed E-state index contributed by atoms with van der Waals surface area (Å²) in [6.45, 7) is 3.18. The highest BCUT2D eigenvalue weighted by atomic mass is 35.5. The van der Waals surface area contributed by atoms with Crippen molar-refractivity contribution in [3.8, 4) is 0 Å². The number of benzene rings is 1. The zero-order valence-electron chi connectivity index (χ0n) is 10.8. The summed E-state index contributed by atoms with van der Waals surface area (Å²) in [6, 6.07) is 12.0. The molecule has 19 heavy (non-hydrogen) atoms. The first kappa shape index (κ1) is 12.3. The number of hydrogen-bond acceptors (Lipinski definition) is 3. The van der Waals surface area contributed by atoms with Crippen molar-refractivity contribution in [1.29, 1.82) is 0 Å². The summed E-state index contributed by atoms with van der Waals surface area (Å²) < 4.78 is 0. The Labute approximate surface area is 118 Å². The van der Waals surface area contributed by atoms with Crippen LogP contribution in [0.15, 0.2) is 36.4 Å². The number of para-hydroxylation sites is 1. The minimum atomic E-state index is 0.436. The number of pyridine rings is 1. The van der Waals surface area contributed by atoms with Gasteiger partial charge in [-0.05, 0) is 30.0 Å². The van der Waals surface area contributed by atoms with E-state index in [0.29, 0.717) is 16.8 Å². The normalized spacial score (nSPS) is 18.2. The van der Waals surface area contributed by atoms with Crippen LogP contribution in [0.25, 0.3) is 0 Å². The molecule has 2 heterocycles. The number of nitrogens with zero attached hydrogens (tertiary/aromatic N) is 2. The topological polar surface area (TPSA) is 42.1 Å². The highest BCUT2D eigenvalue weighted by Crippen LogP contribution is 2.35. The van der Waals surface area contributed by atoms with Crippen molar-refractivity contribution >= 4 is 28.8 Å². The van der Waals surface area contributed by atoms with E-state index in [-0.39, 0.29) is 0 Å². The summed E-state index contributed by atoms with van der Waals surface area (Å²) in [4.78, 5) is 6.60. The number of fused-ring (bicyclic) bond motifs is 1. The molecule has 2 N–H and O–H groups in total. The standard InChI is InChI=1S/C15H16ClN3/c1-10-6-11-4-2-3-5-13(11)19(9-10)15-8-12(17)7-14(16)18-15/h2-5,7-8,10H,6,9H2,1H3,(H2,17,18). The van der Waals surface area contributed by atoms with E-state index < -0.39 is 0 Å². The van der Waals surface area contributed by atoms with E-state index in [0.717, 1.165) is 18.8 Å². The molecule has 0 saturated heterocycles. The lowest BCUT2D eigenvalue weighted by atomic mass is 9.94. The molecule has 0 amide bonds. The maximum absolute atomic E-state index is 6.02. The Balaban J connectivity index is 2.09. The molecule has 3 nitrogen and oxygen atoms in total. The lowest BCUT2D eigenvalue weighted by Gasteiger charge is -2.34. The summed E-state index contributed by atoms with van der Waals surface area (Å²) in [7, 11) is 0. The number of hydrogen-bond donors (Lipinski definition) is 1. The largest absolute Gasteiger partial charge is 0.399 e. The lowest BCUT2D eigenvalue weighted by Crippen LogP contribution is -2.31. The zero-order chi connectivity index (χ0) is 13.4. The van der Waals surface area contributed by atoms with Crippen LogP contribution in [0, 0.1) is 5.92 Å². The fraction of sp³-hybridized carbons (Fsp3) is 0.267. The van der Waals surface area contributed by atoms with E-state index in [1.54, 1.807) is 6.07 Å². The molecular formula is C15H16ClN3. The van der Waals surface area contributed by atoms with E-state index in [2.05, 4.69) is 41.1 Å². The first-order valence-corrected chi connectivity index (χ1v) is 6.80. The van der Waals surface area contributed by atoms with Crippen molar-refractivity contribution in [2.75, 3.05) is 17.2 Å². The van der Waals surface area contributed by atoms with Crippen molar-refractivity contribution in [3.05, 3.63) is 47.1 Å². The van der Waals surface area contributed by atoms with Gasteiger partial charge in [0, 0.05) is 24.0 Å². The molecule has 1 aromatic carbocycles. The maximum Gasteiger partial charge on any atom is 0.136 e. The third-order valence-corrected chi connectivity index (χ3v) is 3.62. The number of aromatic nitrogens is 1. The van der Waals surface area contributed by atoms with Crippen LogP contribution >= 0.6 is 11.6 Å². The molecule has 0 aliphatic carbocycles. The third kappa shape index (κ3) is 2.38. The second kappa shape index (κ2) is 4.74. The van der Waals surface area contributed by atoms with Crippen molar-refractivity contribution in [2.45, 2.75) is 13.3 Å². The van der Waals surface area contributed by atoms with Gasteiger partial charge in [0.15, 0.2) is 0 Å². The quantitative estimate of drug-likeness (QED) is 0.807. The van der Waals surface area contributed by atoms with Crippen LogP contribution in [0.5, 0.6) is 0 Å². The Morgan fingerprint density at radius 1 is 1.32 bits per heavy atom. The number of halogens is 1. The monoisotopic (exact) mass is 273 g/mol. The van der Waals surface area contributed by atoms with Gasteiger partial charge in [-0.2, -0.15) is 0 Å². The van der Waals surface area contributed by atoms with E-state index in [1.807, 2.05) is 6.07 Å². The van der Waals surface area contributed by atoms with Crippen molar-refractivity contribution < 1.29 is 0 Å². The van der Waals surface area contributed by atoms with Gasteiger partial charge in [-0.15, -0.1) is 0 Å². The number of nitrogen functional groups attached to an aromatic ring is 1. The van der Waals surface area contributed by atoms with Crippen molar-refractivity contribution in [1.82, 2.24) is 4.98 Å². The van der Waals surface area contributed by atoms with Gasteiger partial charge in [0.05, 0.1) is 0 Å². The van der Waals surface area contributed by atoms with Gasteiger partial charge < -0.3 is 10.6 Å². The highest BCUT2D eigenvalue weighted by Gasteiger charge is 2.23. The molecule has 98 valence electrons. The van der Waals surface area contributed by atoms with Gasteiger partial charge in [0.2, 0.25) is 0 Å². The fourth-order valence-corrected chi connectivity index (χ4v) is 2.87. The molecule has 0 saturated carbocycles. The molecule has 0 bridgehead atoms. The summed E-state index contributed by atoms with van der Waals surface area (Å²) in [6.07, 6.45) is 1.10. The van der Waals surface area contributed by atoms with Gasteiger partial charge in [-0.25, -0.2) is 4.98 Å². The molecule has 0 spiro atoms. The van der Waals surface area contributed by atoms with Gasteiger partial charge in [-0.3, -0.25) is 0 Å². The Morgan fingerprint density at radius 3 is 2.89 bits per heavy atom. The molecule has 4 heteroatoms. The average Bonchev–Trinajstić information content (AvgIpc) is 2.36. The summed E-state index contributed by atoms with van der Waals surface area (Å²) in [5, 5.41) is 0.436. The molecule has 1 unspecified atom stereocenters. The lowest BCUT2D eigenvalue weighted by molar-refractivity contribution is 0.560. The number of anilines is 3. The van der Waals surface area contributed by atoms with E-state index in [1.165, 1.54) is 11.3 Å². The number of rotatable bonds is 1. The fourth-order valence-electron chi connectivity index (χ4n) is 2.65. The van der Waals surface area contributed by atoms with Crippen LogP contribution in [-0.2, 0) is 6.42 Å². The second-order valence-corrected chi connectivity index (χ2v) is 5.52. The van der Waals surface area contributed by atoms with Crippen LogP contribution in [-0.4, -0.2) is 11.5 Å². The second-order valence-electron chi connectivity index (χ2n) is 5.13. The van der Waals surface area contributed by atoms with Crippen LogP contribution < -0.4 is 10.6 Å². The molecular weight excluding hydrogens is 258 g/mol. The first-order chi connectivity index (χ1) is 9.13. The highest BCUT2D eigenvalue weighted by molar-refractivity contribution is 6.29. The zero-order valence-corrected chi connectivity index (χ0v) is 11.6. The maximum atomic E-state index is 6.02. The van der Waals surface area contributed by atoms with Gasteiger partial charge in [0.25, 0.3) is 0 Å². The van der Waals surface area contributed by atoms with Gasteiger partial charge in [-0.1, -0.05) is 36.7 Å². The van der Waals surface area contributed by atoms with Crippen LogP contribution in [0.1, 0.15) is 12.5 Å². The van der Waals surface area contributed by atoms with E-state index in [9.17, 15) is 0 Å². The minimum absolute atomic E-state index is 0.436. The predicted molar refractivity (Wildman–Crippen MR) is 80.0 cm³/mol. The Morgan fingerprint density at radius 2 is 2.11 bits per heavy atom. The van der Waals surface area contributed by atoms with E-state index >= 15 is 0 Å². The molecule has 1 aliphatic heterocycles. The molecule has 3 rings (SSSR count). The summed E-state index contributed by atoms with van der Waals surface area (Å²) in [5.74, 6) is 1.40. The van der Waals surface area contributed by atoms with Gasteiger partial charge >= 0.3 is 0 Å². The average molecular weight is 274 g/mol. The Hall–Kier alpha value is -1.74. The van der Waals surface area contributed by atoms with Crippen LogP contribution in [0.4, 0.5) is 17.2 Å². The van der Waals surface area contributed by atoms with Crippen molar-refractivity contribution in [3.63, 3.8) is 0 Å². The molecule has 1 aromatic heterocycles. The van der Waals surface area contributed by atoms with Crippen molar-refractivity contribution in [2.24, 2.45) is 5.92 Å². The molecule has 2 aromatic rings. The molecule has 1 atom stereocenters. The van der Waals surface area contributed by atoms with Gasteiger partial charge in [0.1, 0.15) is 11.0 Å². The first-order valence-electron chi connectivity index (χ1n) is 6.42. The Kier molecular flexibility index (Phi) is 3.07.